The van der Waals surface area contributed by atoms with E-state index in [0.29, 0.717) is 17.0 Å². The SMILES string of the molecule is CO/N=C(C)/C(C)=N/OCc1ccccc1C(=O)C(=O)OC. The van der Waals surface area contributed by atoms with E-state index in [4.69, 9.17) is 4.84 Å². The van der Waals surface area contributed by atoms with E-state index in [2.05, 4.69) is 19.9 Å². The van der Waals surface area contributed by atoms with Crippen molar-refractivity contribution in [2.24, 2.45) is 10.3 Å². The third-order valence-electron chi connectivity index (χ3n) is 2.81. The first-order valence-electron chi connectivity index (χ1n) is 6.46. The number of ketones is 1. The Morgan fingerprint density at radius 3 is 2.32 bits per heavy atom. The van der Waals surface area contributed by atoms with E-state index in [1.165, 1.54) is 13.2 Å². The molecular formula is C15H18N2O5. The molecule has 0 fully saturated rings. The Bertz CT molecular complexity index is 608. The summed E-state index contributed by atoms with van der Waals surface area (Å²) in [7, 11) is 2.59. The van der Waals surface area contributed by atoms with Crippen molar-refractivity contribution in [3.8, 4) is 0 Å². The van der Waals surface area contributed by atoms with Gasteiger partial charge in [0.05, 0.1) is 7.11 Å². The first-order chi connectivity index (χ1) is 10.5. The predicted molar refractivity (Wildman–Crippen MR) is 80.8 cm³/mol. The van der Waals surface area contributed by atoms with E-state index >= 15 is 0 Å². The molecule has 0 aromatic heterocycles. The van der Waals surface area contributed by atoms with Crippen LogP contribution in [0.1, 0.15) is 29.8 Å². The summed E-state index contributed by atoms with van der Waals surface area (Å²) in [6.45, 7) is 3.47. The molecule has 0 atom stereocenters. The summed E-state index contributed by atoms with van der Waals surface area (Å²) >= 11 is 0. The Morgan fingerprint density at radius 1 is 1.05 bits per heavy atom. The topological polar surface area (TPSA) is 86.6 Å². The molecule has 1 aromatic carbocycles. The number of nitrogens with zero attached hydrogens (tertiary/aromatic N) is 2. The smallest absolute Gasteiger partial charge is 0.379 e. The Hall–Kier alpha value is -2.70. The number of hydrogen-bond acceptors (Lipinski definition) is 7. The third kappa shape index (κ3) is 4.69. The fourth-order valence-electron chi connectivity index (χ4n) is 1.54. The molecule has 0 aliphatic carbocycles. The Morgan fingerprint density at radius 2 is 1.68 bits per heavy atom. The molecule has 0 saturated heterocycles. The number of ether oxygens (including phenoxy) is 1. The van der Waals surface area contributed by atoms with Crippen molar-refractivity contribution in [2.45, 2.75) is 20.5 Å². The lowest BCUT2D eigenvalue weighted by atomic mass is 10.0. The van der Waals surface area contributed by atoms with Gasteiger partial charge in [-0.3, -0.25) is 4.79 Å². The number of methoxy groups -OCH3 is 1. The van der Waals surface area contributed by atoms with Crippen molar-refractivity contribution in [3.05, 3.63) is 35.4 Å². The van der Waals surface area contributed by atoms with Crippen molar-refractivity contribution < 1.29 is 24.0 Å². The van der Waals surface area contributed by atoms with Crippen LogP contribution in [0, 0.1) is 0 Å². The van der Waals surface area contributed by atoms with Crippen LogP contribution in [0.25, 0.3) is 0 Å². The Kier molecular flexibility index (Phi) is 6.75. The minimum atomic E-state index is -0.921. The first-order valence-corrected chi connectivity index (χ1v) is 6.46. The lowest BCUT2D eigenvalue weighted by Gasteiger charge is -2.07. The quantitative estimate of drug-likeness (QED) is 0.253. The standard InChI is InChI=1S/C15H18N2O5/c1-10(16-21-4)11(2)17-22-9-12-7-5-6-8-13(12)14(18)15(19)20-3/h5-8H,9H2,1-4H3/b16-10+,17-11+. The number of esters is 1. The molecule has 7 heteroatoms. The fraction of sp³-hybridized carbons (Fsp3) is 0.333. The monoisotopic (exact) mass is 306 g/mol. The number of carbonyl (C=O) groups excluding carboxylic acids is 2. The highest BCUT2D eigenvalue weighted by Gasteiger charge is 2.19. The summed E-state index contributed by atoms with van der Waals surface area (Å²) in [5.74, 6) is -1.64. The van der Waals surface area contributed by atoms with Crippen LogP contribution in [0.5, 0.6) is 0 Å². The van der Waals surface area contributed by atoms with Crippen LogP contribution in [-0.4, -0.2) is 37.4 Å². The molecule has 1 rings (SSSR count). The maximum atomic E-state index is 11.9. The Labute approximate surface area is 128 Å². The Balaban J connectivity index is 2.83. The molecule has 0 N–H and O–H groups in total. The van der Waals surface area contributed by atoms with Gasteiger partial charge in [-0.1, -0.05) is 34.6 Å². The van der Waals surface area contributed by atoms with Crippen molar-refractivity contribution in [3.63, 3.8) is 0 Å². The lowest BCUT2D eigenvalue weighted by Crippen LogP contribution is -2.17. The molecule has 0 bridgehead atoms. The second kappa shape index (κ2) is 8.56. The highest BCUT2D eigenvalue weighted by molar-refractivity contribution is 6.41. The lowest BCUT2D eigenvalue weighted by molar-refractivity contribution is -0.135. The van der Waals surface area contributed by atoms with Crippen molar-refractivity contribution in [1.82, 2.24) is 0 Å². The molecule has 7 nitrogen and oxygen atoms in total. The predicted octanol–water partition coefficient (Wildman–Crippen LogP) is 1.96. The van der Waals surface area contributed by atoms with E-state index in [0.717, 1.165) is 7.11 Å². The van der Waals surface area contributed by atoms with Gasteiger partial charge >= 0.3 is 5.97 Å². The van der Waals surface area contributed by atoms with Crippen molar-refractivity contribution in [1.29, 1.82) is 0 Å². The second-order valence-electron chi connectivity index (χ2n) is 4.29. The molecular weight excluding hydrogens is 288 g/mol. The molecule has 0 saturated carbocycles. The van der Waals surface area contributed by atoms with E-state index in [1.54, 1.807) is 32.0 Å². The average molecular weight is 306 g/mol. The fourth-order valence-corrected chi connectivity index (χ4v) is 1.54. The molecule has 0 unspecified atom stereocenters. The molecule has 118 valence electrons. The minimum Gasteiger partial charge on any atom is -0.463 e. The van der Waals surface area contributed by atoms with Gasteiger partial charge in [0.15, 0.2) is 0 Å². The summed E-state index contributed by atoms with van der Waals surface area (Å²) in [6.07, 6.45) is 0. The van der Waals surface area contributed by atoms with Crippen LogP contribution in [0.3, 0.4) is 0 Å². The third-order valence-corrected chi connectivity index (χ3v) is 2.81. The largest absolute Gasteiger partial charge is 0.463 e. The molecule has 0 aliphatic rings. The number of oxime groups is 2. The van der Waals surface area contributed by atoms with Crippen LogP contribution in [0.15, 0.2) is 34.6 Å². The van der Waals surface area contributed by atoms with Gasteiger partial charge in [-0.25, -0.2) is 4.79 Å². The highest BCUT2D eigenvalue weighted by atomic mass is 16.6. The van der Waals surface area contributed by atoms with Gasteiger partial charge in [0, 0.05) is 11.1 Å². The van der Waals surface area contributed by atoms with E-state index in [-0.39, 0.29) is 12.2 Å². The minimum absolute atomic E-state index is 0.0382. The van der Waals surface area contributed by atoms with Gasteiger partial charge in [-0.2, -0.15) is 0 Å². The highest BCUT2D eigenvalue weighted by Crippen LogP contribution is 2.12. The molecule has 0 radical (unpaired) electrons. The van der Waals surface area contributed by atoms with Gasteiger partial charge in [0.1, 0.15) is 25.1 Å². The van der Waals surface area contributed by atoms with E-state index in [1.807, 2.05) is 0 Å². The van der Waals surface area contributed by atoms with Crippen molar-refractivity contribution >= 4 is 23.2 Å². The van der Waals surface area contributed by atoms with Crippen LogP contribution in [-0.2, 0) is 25.8 Å². The molecule has 22 heavy (non-hydrogen) atoms. The number of hydrogen-bond donors (Lipinski definition) is 0. The van der Waals surface area contributed by atoms with Gasteiger partial charge in [-0.05, 0) is 13.8 Å². The van der Waals surface area contributed by atoms with Gasteiger partial charge < -0.3 is 14.4 Å². The zero-order valence-electron chi connectivity index (χ0n) is 13.0. The van der Waals surface area contributed by atoms with Crippen LogP contribution >= 0.6 is 0 Å². The normalized spacial score (nSPS) is 11.8. The summed E-state index contributed by atoms with van der Waals surface area (Å²) in [5, 5.41) is 7.60. The summed E-state index contributed by atoms with van der Waals surface area (Å²) in [4.78, 5) is 33.1. The molecule has 1 aromatic rings. The number of Topliss-reactive ketones (excluding diaryl/α,β-unsaturated/α-hetero) is 1. The molecule has 0 spiro atoms. The van der Waals surface area contributed by atoms with Crippen LogP contribution in [0.4, 0.5) is 0 Å². The maximum Gasteiger partial charge on any atom is 0.379 e. The van der Waals surface area contributed by atoms with E-state index < -0.39 is 11.8 Å². The number of benzene rings is 1. The zero-order valence-corrected chi connectivity index (χ0v) is 13.0. The maximum absolute atomic E-state index is 11.9. The van der Waals surface area contributed by atoms with E-state index in [9.17, 15) is 9.59 Å². The van der Waals surface area contributed by atoms with Gasteiger partial charge in [0.25, 0.3) is 5.78 Å². The molecule has 0 aliphatic heterocycles. The zero-order chi connectivity index (χ0) is 16.5. The number of carbonyl (C=O) groups is 2. The van der Waals surface area contributed by atoms with Gasteiger partial charge in [0.2, 0.25) is 0 Å². The molecule has 0 heterocycles. The summed E-state index contributed by atoms with van der Waals surface area (Å²) in [5.41, 5.74) is 1.88. The second-order valence-corrected chi connectivity index (χ2v) is 4.29. The average Bonchev–Trinajstić information content (AvgIpc) is 2.54. The van der Waals surface area contributed by atoms with Gasteiger partial charge in [-0.15, -0.1) is 0 Å². The first kappa shape index (κ1) is 17.4. The van der Waals surface area contributed by atoms with Crippen LogP contribution < -0.4 is 0 Å². The van der Waals surface area contributed by atoms with Crippen molar-refractivity contribution in [2.75, 3.05) is 14.2 Å². The summed E-state index contributed by atoms with van der Waals surface area (Å²) in [6, 6.07) is 6.60. The number of rotatable bonds is 7. The summed E-state index contributed by atoms with van der Waals surface area (Å²) < 4.78 is 4.44. The van der Waals surface area contributed by atoms with Crippen LogP contribution in [0.2, 0.25) is 0 Å². The molecule has 0 amide bonds.